The van der Waals surface area contributed by atoms with Crippen LogP contribution in [0.3, 0.4) is 0 Å². The molecule has 0 spiro atoms. The van der Waals surface area contributed by atoms with Gasteiger partial charge in [0, 0.05) is 49.5 Å². The number of aromatic nitrogens is 2. The summed E-state index contributed by atoms with van der Waals surface area (Å²) in [5.41, 5.74) is 13.3. The number of nitrogens with one attached hydrogen (secondary N) is 2. The monoisotopic (exact) mass is 512 g/mol. The zero-order valence-electron chi connectivity index (χ0n) is 21.2. The Bertz CT molecular complexity index is 1050. The number of benzene rings is 1. The predicted octanol–water partition coefficient (Wildman–Crippen LogP) is 2.96. The van der Waals surface area contributed by atoms with Crippen molar-refractivity contribution in [2.75, 3.05) is 43.4 Å². The average molecular weight is 513 g/mol. The summed E-state index contributed by atoms with van der Waals surface area (Å²) in [6.45, 7) is 13.5. The van der Waals surface area contributed by atoms with Crippen LogP contribution in [0, 0.1) is 6.92 Å². The zero-order chi connectivity index (χ0) is 25.7. The number of nitrogens with two attached hydrogens (primary N) is 1. The summed E-state index contributed by atoms with van der Waals surface area (Å²) < 4.78 is 0. The molecule has 2 aliphatic heterocycles. The normalized spacial score (nSPS) is 19.8. The Hall–Kier alpha value is -2.88. The molecule has 1 amide bonds. The SMILES string of the molecule is C=CNNC(=O)c1nc(C)c(N2CCN(C3CCN(Cc4ccc(Cl)cc4)CC3)C(CC)C2)nc1N. The molecule has 36 heavy (non-hydrogen) atoms. The van der Waals surface area contributed by atoms with Crippen molar-refractivity contribution in [3.63, 3.8) is 0 Å². The Morgan fingerprint density at radius 2 is 1.92 bits per heavy atom. The number of nitrogen functional groups attached to an aromatic ring is 1. The lowest BCUT2D eigenvalue weighted by atomic mass is 9.97. The van der Waals surface area contributed by atoms with E-state index in [1.165, 1.54) is 24.6 Å². The van der Waals surface area contributed by atoms with Gasteiger partial charge in [-0.1, -0.05) is 37.2 Å². The molecular formula is C26H37ClN8O. The molecule has 4 rings (SSSR count). The summed E-state index contributed by atoms with van der Waals surface area (Å²) in [6, 6.07) is 9.21. The lowest BCUT2D eigenvalue weighted by Crippen LogP contribution is -2.58. The Morgan fingerprint density at radius 3 is 2.58 bits per heavy atom. The van der Waals surface area contributed by atoms with Crippen LogP contribution in [0.2, 0.25) is 5.02 Å². The van der Waals surface area contributed by atoms with Crippen molar-refractivity contribution in [3.8, 4) is 0 Å². The van der Waals surface area contributed by atoms with Crippen molar-refractivity contribution < 1.29 is 4.79 Å². The van der Waals surface area contributed by atoms with Crippen molar-refractivity contribution in [3.05, 3.63) is 59.0 Å². The first-order chi connectivity index (χ1) is 17.4. The van der Waals surface area contributed by atoms with Gasteiger partial charge in [0.05, 0.1) is 5.69 Å². The molecular weight excluding hydrogens is 476 g/mol. The fraction of sp³-hybridized carbons (Fsp3) is 0.500. The van der Waals surface area contributed by atoms with E-state index in [0.717, 1.165) is 56.5 Å². The lowest BCUT2D eigenvalue weighted by Gasteiger charge is -2.47. The number of hydrogen-bond donors (Lipinski definition) is 3. The summed E-state index contributed by atoms with van der Waals surface area (Å²) in [5.74, 6) is 0.451. The van der Waals surface area contributed by atoms with Crippen LogP contribution in [0.1, 0.15) is 47.9 Å². The number of hydrazine groups is 1. The highest BCUT2D eigenvalue weighted by atomic mass is 35.5. The molecule has 2 fully saturated rings. The molecule has 10 heteroatoms. The topological polar surface area (TPSA) is 103 Å². The molecule has 2 saturated heterocycles. The second-order valence-corrected chi connectivity index (χ2v) is 9.99. The van der Waals surface area contributed by atoms with Gasteiger partial charge in [-0.15, -0.1) is 0 Å². The van der Waals surface area contributed by atoms with Gasteiger partial charge in [0.15, 0.2) is 17.3 Å². The number of amides is 1. The standard InChI is InChI=1S/C26H37ClN8O/c1-4-21-17-34(25-18(3)30-23(24(28)31-25)26(36)32-29-5-2)14-15-35(21)22-10-12-33(13-11-22)16-19-6-8-20(27)9-7-19/h5-9,21-22,29H,2,4,10-17H2,1,3H3,(H2,28,31)(H,32,36). The minimum absolute atomic E-state index is 0.113. The summed E-state index contributed by atoms with van der Waals surface area (Å²) in [6.07, 6.45) is 4.80. The maximum Gasteiger partial charge on any atom is 0.292 e. The highest BCUT2D eigenvalue weighted by Gasteiger charge is 2.34. The molecule has 2 aliphatic rings. The summed E-state index contributed by atoms with van der Waals surface area (Å²) in [7, 11) is 0. The van der Waals surface area contributed by atoms with Gasteiger partial charge in [-0.05, 0) is 57.0 Å². The van der Waals surface area contributed by atoms with Crippen LogP contribution in [0.4, 0.5) is 11.6 Å². The Morgan fingerprint density at radius 1 is 1.19 bits per heavy atom. The second kappa shape index (κ2) is 11.9. The van der Waals surface area contributed by atoms with Crippen LogP contribution in [-0.2, 0) is 6.54 Å². The van der Waals surface area contributed by atoms with E-state index >= 15 is 0 Å². The molecule has 9 nitrogen and oxygen atoms in total. The van der Waals surface area contributed by atoms with Gasteiger partial charge in [-0.3, -0.25) is 20.0 Å². The van der Waals surface area contributed by atoms with Crippen molar-refractivity contribution in [1.29, 1.82) is 0 Å². The molecule has 4 N–H and O–H groups in total. The maximum absolute atomic E-state index is 12.3. The number of likely N-dealkylation sites (tertiary alicyclic amines) is 1. The molecule has 2 aromatic rings. The third kappa shape index (κ3) is 6.08. The van der Waals surface area contributed by atoms with E-state index in [0.29, 0.717) is 17.8 Å². The first kappa shape index (κ1) is 26.2. The van der Waals surface area contributed by atoms with Gasteiger partial charge < -0.3 is 16.1 Å². The number of carbonyl (C=O) groups is 1. The molecule has 1 aromatic carbocycles. The van der Waals surface area contributed by atoms with Crippen LogP contribution in [-0.4, -0.2) is 70.5 Å². The van der Waals surface area contributed by atoms with Crippen molar-refractivity contribution >= 4 is 29.1 Å². The van der Waals surface area contributed by atoms with Crippen LogP contribution in [0.5, 0.6) is 0 Å². The third-order valence-electron chi connectivity index (χ3n) is 7.22. The van der Waals surface area contributed by atoms with Crippen LogP contribution in [0.15, 0.2) is 37.0 Å². The fourth-order valence-corrected chi connectivity index (χ4v) is 5.45. The number of hydrogen-bond acceptors (Lipinski definition) is 8. The first-order valence-electron chi connectivity index (χ1n) is 12.7. The molecule has 1 aromatic heterocycles. The van der Waals surface area contributed by atoms with Gasteiger partial charge in [0.2, 0.25) is 0 Å². The number of rotatable bonds is 8. The van der Waals surface area contributed by atoms with Crippen molar-refractivity contribution in [2.45, 2.75) is 51.7 Å². The fourth-order valence-electron chi connectivity index (χ4n) is 5.33. The highest BCUT2D eigenvalue weighted by Crippen LogP contribution is 2.28. The molecule has 194 valence electrons. The van der Waals surface area contributed by atoms with E-state index in [-0.39, 0.29) is 11.5 Å². The number of anilines is 2. The van der Waals surface area contributed by atoms with E-state index in [1.54, 1.807) is 0 Å². The van der Waals surface area contributed by atoms with Crippen LogP contribution >= 0.6 is 11.6 Å². The number of aryl methyl sites for hydroxylation is 1. The Labute approximate surface area is 218 Å². The molecule has 0 aliphatic carbocycles. The largest absolute Gasteiger partial charge is 0.382 e. The minimum Gasteiger partial charge on any atom is -0.382 e. The molecule has 0 bridgehead atoms. The van der Waals surface area contributed by atoms with E-state index < -0.39 is 5.91 Å². The molecule has 1 unspecified atom stereocenters. The first-order valence-corrected chi connectivity index (χ1v) is 13.1. The quantitative estimate of drug-likeness (QED) is 0.464. The van der Waals surface area contributed by atoms with Crippen molar-refractivity contribution in [1.82, 2.24) is 30.6 Å². The lowest BCUT2D eigenvalue weighted by molar-refractivity contribution is 0.0610. The van der Waals surface area contributed by atoms with E-state index in [9.17, 15) is 4.79 Å². The summed E-state index contributed by atoms with van der Waals surface area (Å²) in [4.78, 5) is 28.8. The Balaban J connectivity index is 1.36. The summed E-state index contributed by atoms with van der Waals surface area (Å²) in [5, 5.41) is 0.785. The molecule has 3 heterocycles. The van der Waals surface area contributed by atoms with E-state index in [1.807, 2.05) is 19.1 Å². The number of halogens is 1. The van der Waals surface area contributed by atoms with Crippen molar-refractivity contribution in [2.24, 2.45) is 0 Å². The number of carbonyl (C=O) groups excluding carboxylic acids is 1. The predicted molar refractivity (Wildman–Crippen MR) is 145 cm³/mol. The summed E-state index contributed by atoms with van der Waals surface area (Å²) >= 11 is 6.03. The number of piperidine rings is 1. The smallest absolute Gasteiger partial charge is 0.292 e. The maximum atomic E-state index is 12.3. The van der Waals surface area contributed by atoms with E-state index in [4.69, 9.17) is 17.3 Å². The molecule has 0 saturated carbocycles. The van der Waals surface area contributed by atoms with Gasteiger partial charge in [0.25, 0.3) is 5.91 Å². The molecule has 1 atom stereocenters. The number of nitrogens with zero attached hydrogens (tertiary/aromatic N) is 5. The van der Waals surface area contributed by atoms with Crippen LogP contribution in [0.25, 0.3) is 0 Å². The second-order valence-electron chi connectivity index (χ2n) is 9.55. The van der Waals surface area contributed by atoms with Crippen LogP contribution < -0.4 is 21.5 Å². The zero-order valence-corrected chi connectivity index (χ0v) is 22.0. The van der Waals surface area contributed by atoms with Gasteiger partial charge in [-0.2, -0.15) is 0 Å². The Kier molecular flexibility index (Phi) is 8.66. The van der Waals surface area contributed by atoms with E-state index in [2.05, 4.69) is 61.2 Å². The highest BCUT2D eigenvalue weighted by molar-refractivity contribution is 6.30. The van der Waals surface area contributed by atoms with Gasteiger partial charge in [-0.25, -0.2) is 9.97 Å². The van der Waals surface area contributed by atoms with Gasteiger partial charge >= 0.3 is 0 Å². The average Bonchev–Trinajstić information content (AvgIpc) is 2.89. The van der Waals surface area contributed by atoms with Gasteiger partial charge in [0.1, 0.15) is 0 Å². The third-order valence-corrected chi connectivity index (χ3v) is 7.47. The molecule has 0 radical (unpaired) electrons. The number of piperazine rings is 1. The minimum atomic E-state index is -0.437.